The van der Waals surface area contributed by atoms with Crippen LogP contribution in [0.3, 0.4) is 0 Å². The minimum atomic E-state index is 0.665. The average Bonchev–Trinajstić information content (AvgIpc) is 2.46. The second-order valence-electron chi connectivity index (χ2n) is 4.64. The van der Waals surface area contributed by atoms with Crippen LogP contribution in [0, 0.1) is 0 Å². The summed E-state index contributed by atoms with van der Waals surface area (Å²) in [4.78, 5) is 0. The summed E-state index contributed by atoms with van der Waals surface area (Å²) in [5.41, 5.74) is 3.58. The van der Waals surface area contributed by atoms with E-state index in [1.54, 1.807) is 7.11 Å². The molecule has 3 rings (SSSR count). The Kier molecular flexibility index (Phi) is 3.34. The minimum Gasteiger partial charge on any atom is -0.482 e. The van der Waals surface area contributed by atoms with E-state index in [4.69, 9.17) is 16.3 Å². The van der Waals surface area contributed by atoms with Gasteiger partial charge in [-0.3, -0.25) is 0 Å². The molecule has 0 aliphatic carbocycles. The third-order valence-corrected chi connectivity index (χ3v) is 3.78. The highest BCUT2D eigenvalue weighted by Gasteiger charge is 2.20. The van der Waals surface area contributed by atoms with Crippen molar-refractivity contribution in [3.8, 4) is 0 Å². The molecule has 1 heterocycles. The van der Waals surface area contributed by atoms with Gasteiger partial charge in [-0.05, 0) is 29.9 Å². The molecular weight excluding hydrogens is 258 g/mol. The number of allylic oxidation sites excluding steroid dienone is 1. The summed E-state index contributed by atoms with van der Waals surface area (Å²) in [6.07, 6.45) is 1.87. The van der Waals surface area contributed by atoms with E-state index in [1.807, 2.05) is 0 Å². The molecule has 0 amide bonds. The van der Waals surface area contributed by atoms with Crippen LogP contribution in [0.15, 0.2) is 42.3 Å². The standard InChI is InChI=1S/C16H16ClNO/c1-19-16-13(8-4-10-17)12-7-2-5-11-6-3-9-14(18-16)15(11)12/h2-3,5-7,9,18H,4,8,10H2,1H3. The van der Waals surface area contributed by atoms with E-state index in [0.29, 0.717) is 5.88 Å². The third kappa shape index (κ3) is 2.06. The molecule has 0 bridgehead atoms. The molecule has 0 unspecified atom stereocenters. The molecule has 0 saturated heterocycles. The van der Waals surface area contributed by atoms with Crippen LogP contribution < -0.4 is 5.32 Å². The van der Waals surface area contributed by atoms with Crippen molar-refractivity contribution in [2.24, 2.45) is 0 Å². The first kappa shape index (κ1) is 12.4. The molecule has 1 N–H and O–H groups in total. The van der Waals surface area contributed by atoms with E-state index >= 15 is 0 Å². The molecule has 0 fully saturated rings. The average molecular weight is 274 g/mol. The Labute approximate surface area is 118 Å². The molecule has 0 spiro atoms. The van der Waals surface area contributed by atoms with Gasteiger partial charge in [-0.25, -0.2) is 0 Å². The van der Waals surface area contributed by atoms with Crippen LogP contribution in [0.1, 0.15) is 18.4 Å². The van der Waals surface area contributed by atoms with Crippen LogP contribution in [-0.2, 0) is 4.74 Å². The number of ether oxygens (including phenoxy) is 1. The zero-order chi connectivity index (χ0) is 13.2. The van der Waals surface area contributed by atoms with Gasteiger partial charge in [0.2, 0.25) is 0 Å². The summed E-state index contributed by atoms with van der Waals surface area (Å²) in [6, 6.07) is 12.7. The quantitative estimate of drug-likeness (QED) is 0.822. The lowest BCUT2D eigenvalue weighted by atomic mass is 9.92. The lowest BCUT2D eigenvalue weighted by molar-refractivity contribution is 0.298. The number of rotatable bonds is 4. The molecular formula is C16H16ClNO. The molecule has 0 atom stereocenters. The summed E-state index contributed by atoms with van der Waals surface area (Å²) in [6.45, 7) is 0. The number of hydrogen-bond donors (Lipinski definition) is 1. The normalized spacial score (nSPS) is 13.6. The number of nitrogens with one attached hydrogen (secondary N) is 1. The minimum absolute atomic E-state index is 0.665. The smallest absolute Gasteiger partial charge is 0.194 e. The van der Waals surface area contributed by atoms with Crippen molar-refractivity contribution in [1.82, 2.24) is 0 Å². The molecule has 0 aromatic heterocycles. The van der Waals surface area contributed by atoms with Crippen LogP contribution in [-0.4, -0.2) is 13.0 Å². The van der Waals surface area contributed by atoms with Crippen molar-refractivity contribution in [3.05, 3.63) is 47.8 Å². The topological polar surface area (TPSA) is 21.3 Å². The van der Waals surface area contributed by atoms with Crippen molar-refractivity contribution in [3.63, 3.8) is 0 Å². The summed E-state index contributed by atoms with van der Waals surface area (Å²) in [7, 11) is 1.71. The van der Waals surface area contributed by atoms with Crippen LogP contribution >= 0.6 is 11.6 Å². The predicted molar refractivity (Wildman–Crippen MR) is 81.5 cm³/mol. The number of anilines is 1. The molecule has 2 aromatic rings. The first-order chi connectivity index (χ1) is 9.35. The van der Waals surface area contributed by atoms with Crippen molar-refractivity contribution in [2.45, 2.75) is 12.8 Å². The Bertz CT molecular complexity index is 643. The number of halogens is 1. The maximum absolute atomic E-state index is 5.83. The number of benzene rings is 2. The molecule has 3 heteroatoms. The van der Waals surface area contributed by atoms with E-state index in [0.717, 1.165) is 24.4 Å². The molecule has 2 nitrogen and oxygen atoms in total. The summed E-state index contributed by atoms with van der Waals surface area (Å²) in [5, 5.41) is 5.91. The monoisotopic (exact) mass is 273 g/mol. The highest BCUT2D eigenvalue weighted by atomic mass is 35.5. The van der Waals surface area contributed by atoms with Gasteiger partial charge in [0.15, 0.2) is 5.88 Å². The van der Waals surface area contributed by atoms with Crippen molar-refractivity contribution in [1.29, 1.82) is 0 Å². The second kappa shape index (κ2) is 5.14. The third-order valence-electron chi connectivity index (χ3n) is 3.52. The fraction of sp³-hybridized carbons (Fsp3) is 0.250. The SMILES string of the molecule is COC1=C(CCCCl)c2cccc3cccc(c23)N1. The molecule has 19 heavy (non-hydrogen) atoms. The van der Waals surface area contributed by atoms with Crippen molar-refractivity contribution in [2.75, 3.05) is 18.3 Å². The first-order valence-corrected chi connectivity index (χ1v) is 7.01. The van der Waals surface area contributed by atoms with Gasteiger partial charge in [-0.2, -0.15) is 0 Å². The van der Waals surface area contributed by atoms with Gasteiger partial charge >= 0.3 is 0 Å². The maximum atomic E-state index is 5.83. The summed E-state index contributed by atoms with van der Waals surface area (Å²) in [5.74, 6) is 1.51. The molecule has 98 valence electrons. The first-order valence-electron chi connectivity index (χ1n) is 6.47. The molecule has 0 radical (unpaired) electrons. The largest absolute Gasteiger partial charge is 0.482 e. The predicted octanol–water partition coefficient (Wildman–Crippen LogP) is 4.60. The van der Waals surface area contributed by atoms with Gasteiger partial charge in [0, 0.05) is 22.5 Å². The van der Waals surface area contributed by atoms with Crippen LogP contribution in [0.2, 0.25) is 0 Å². The summed E-state index contributed by atoms with van der Waals surface area (Å²) < 4.78 is 5.51. The van der Waals surface area contributed by atoms with Crippen molar-refractivity contribution < 1.29 is 4.74 Å². The van der Waals surface area contributed by atoms with Crippen LogP contribution in [0.5, 0.6) is 0 Å². The molecule has 1 aliphatic rings. The molecule has 0 saturated carbocycles. The Morgan fingerprint density at radius 3 is 2.68 bits per heavy atom. The van der Waals surface area contributed by atoms with E-state index in [9.17, 15) is 0 Å². The van der Waals surface area contributed by atoms with Gasteiger partial charge in [-0.15, -0.1) is 11.6 Å². The van der Waals surface area contributed by atoms with Gasteiger partial charge in [0.25, 0.3) is 0 Å². The van der Waals surface area contributed by atoms with E-state index < -0.39 is 0 Å². The zero-order valence-corrected chi connectivity index (χ0v) is 11.6. The van der Waals surface area contributed by atoms with Gasteiger partial charge in [0.1, 0.15) is 0 Å². The Hall–Kier alpha value is -1.67. The van der Waals surface area contributed by atoms with E-state index in [1.165, 1.54) is 21.9 Å². The fourth-order valence-corrected chi connectivity index (χ4v) is 2.82. The lowest BCUT2D eigenvalue weighted by Gasteiger charge is -2.24. The zero-order valence-electron chi connectivity index (χ0n) is 10.9. The van der Waals surface area contributed by atoms with Gasteiger partial charge in [-0.1, -0.05) is 30.3 Å². The fourth-order valence-electron chi connectivity index (χ4n) is 2.68. The molecule has 2 aromatic carbocycles. The Morgan fingerprint density at radius 1 is 1.16 bits per heavy atom. The maximum Gasteiger partial charge on any atom is 0.194 e. The summed E-state index contributed by atoms with van der Waals surface area (Å²) >= 11 is 5.83. The highest BCUT2D eigenvalue weighted by molar-refractivity contribution is 6.17. The highest BCUT2D eigenvalue weighted by Crippen LogP contribution is 2.39. The Morgan fingerprint density at radius 2 is 1.95 bits per heavy atom. The lowest BCUT2D eigenvalue weighted by Crippen LogP contribution is -2.11. The second-order valence-corrected chi connectivity index (χ2v) is 5.02. The van der Waals surface area contributed by atoms with Crippen LogP contribution in [0.4, 0.5) is 5.69 Å². The van der Waals surface area contributed by atoms with Crippen LogP contribution in [0.25, 0.3) is 16.3 Å². The number of methoxy groups -OCH3 is 1. The van der Waals surface area contributed by atoms with Gasteiger partial charge in [0.05, 0.1) is 7.11 Å². The van der Waals surface area contributed by atoms with Gasteiger partial charge < -0.3 is 10.1 Å². The number of hydrogen-bond acceptors (Lipinski definition) is 2. The van der Waals surface area contributed by atoms with E-state index in [2.05, 4.69) is 41.7 Å². The van der Waals surface area contributed by atoms with E-state index in [-0.39, 0.29) is 0 Å². The Balaban J connectivity index is 2.21. The van der Waals surface area contributed by atoms with Crippen molar-refractivity contribution >= 4 is 33.6 Å². The molecule has 1 aliphatic heterocycles. The number of alkyl halides is 1.